The summed E-state index contributed by atoms with van der Waals surface area (Å²) in [5, 5.41) is 3.46. The monoisotopic (exact) mass is 198 g/mol. The van der Waals surface area contributed by atoms with Crippen LogP contribution in [0.15, 0.2) is 0 Å². The molecule has 84 valence electrons. The zero-order valence-electron chi connectivity index (χ0n) is 10.1. The number of hydrogen-bond acceptors (Lipinski definition) is 2. The van der Waals surface area contributed by atoms with Crippen LogP contribution >= 0.6 is 0 Å². The Morgan fingerprint density at radius 1 is 1.29 bits per heavy atom. The minimum Gasteiger partial charge on any atom is -0.313 e. The van der Waals surface area contributed by atoms with Gasteiger partial charge in [-0.3, -0.25) is 0 Å². The second-order valence-electron chi connectivity index (χ2n) is 5.02. The summed E-state index contributed by atoms with van der Waals surface area (Å²) < 4.78 is 0. The van der Waals surface area contributed by atoms with E-state index in [1.54, 1.807) is 0 Å². The van der Waals surface area contributed by atoms with Gasteiger partial charge in [-0.05, 0) is 25.8 Å². The van der Waals surface area contributed by atoms with Crippen molar-refractivity contribution in [3.8, 4) is 0 Å². The summed E-state index contributed by atoms with van der Waals surface area (Å²) in [6.45, 7) is 8.03. The normalized spacial score (nSPS) is 18.6. The molecule has 0 radical (unpaired) electrons. The number of hydrogen-bond donors (Lipinski definition) is 1. The minimum atomic E-state index is 0.620. The van der Waals surface area contributed by atoms with Gasteiger partial charge in [0.15, 0.2) is 0 Å². The first kappa shape index (κ1) is 12.0. The lowest BCUT2D eigenvalue weighted by atomic mass is 10.1. The average Bonchev–Trinajstić information content (AvgIpc) is 2.56. The van der Waals surface area contributed by atoms with E-state index in [1.165, 1.54) is 38.8 Å². The highest BCUT2D eigenvalue weighted by Crippen LogP contribution is 2.24. The van der Waals surface area contributed by atoms with E-state index >= 15 is 0 Å². The lowest BCUT2D eigenvalue weighted by molar-refractivity contribution is 0.275. The van der Waals surface area contributed by atoms with Crippen molar-refractivity contribution in [3.63, 3.8) is 0 Å². The van der Waals surface area contributed by atoms with Crippen molar-refractivity contribution >= 4 is 0 Å². The lowest BCUT2D eigenvalue weighted by Gasteiger charge is -2.21. The molecular formula is C12H26N2. The second kappa shape index (κ2) is 6.41. The van der Waals surface area contributed by atoms with Crippen molar-refractivity contribution in [2.75, 3.05) is 26.7 Å². The predicted molar refractivity (Wildman–Crippen MR) is 62.6 cm³/mol. The summed E-state index contributed by atoms with van der Waals surface area (Å²) in [5.41, 5.74) is 0. The summed E-state index contributed by atoms with van der Waals surface area (Å²) in [4.78, 5) is 2.48. The van der Waals surface area contributed by atoms with Crippen LogP contribution in [0.25, 0.3) is 0 Å². The fourth-order valence-electron chi connectivity index (χ4n) is 2.27. The van der Waals surface area contributed by atoms with Crippen molar-refractivity contribution < 1.29 is 0 Å². The summed E-state index contributed by atoms with van der Waals surface area (Å²) in [6.07, 6.45) is 5.84. The zero-order chi connectivity index (χ0) is 10.4. The van der Waals surface area contributed by atoms with Crippen LogP contribution < -0.4 is 5.32 Å². The van der Waals surface area contributed by atoms with Crippen molar-refractivity contribution in [2.24, 2.45) is 5.92 Å². The molecule has 0 unspecified atom stereocenters. The van der Waals surface area contributed by atoms with E-state index in [2.05, 4.69) is 31.1 Å². The van der Waals surface area contributed by atoms with Crippen LogP contribution in [0, 0.1) is 5.92 Å². The molecule has 0 aliphatic heterocycles. The molecule has 2 nitrogen and oxygen atoms in total. The van der Waals surface area contributed by atoms with Crippen LogP contribution in [-0.2, 0) is 0 Å². The molecule has 1 fully saturated rings. The fourth-order valence-corrected chi connectivity index (χ4v) is 2.27. The first-order chi connectivity index (χ1) is 6.68. The second-order valence-corrected chi connectivity index (χ2v) is 5.02. The highest BCUT2D eigenvalue weighted by molar-refractivity contribution is 4.70. The highest BCUT2D eigenvalue weighted by atomic mass is 15.1. The van der Waals surface area contributed by atoms with Gasteiger partial charge in [-0.15, -0.1) is 0 Å². The largest absolute Gasteiger partial charge is 0.313 e. The van der Waals surface area contributed by atoms with Gasteiger partial charge in [0, 0.05) is 25.7 Å². The molecule has 0 aromatic rings. The molecule has 0 spiro atoms. The molecule has 0 bridgehead atoms. The predicted octanol–water partition coefficient (Wildman–Crippen LogP) is 2.11. The van der Waals surface area contributed by atoms with Gasteiger partial charge >= 0.3 is 0 Å². The Morgan fingerprint density at radius 2 is 1.93 bits per heavy atom. The van der Waals surface area contributed by atoms with Gasteiger partial charge in [0.25, 0.3) is 0 Å². The quantitative estimate of drug-likeness (QED) is 0.703. The number of likely N-dealkylation sites (N-methyl/N-ethyl adjacent to an activating group) is 1. The first-order valence-electron chi connectivity index (χ1n) is 6.10. The molecule has 1 N–H and O–H groups in total. The van der Waals surface area contributed by atoms with Gasteiger partial charge in [0.05, 0.1) is 0 Å². The molecule has 0 aromatic carbocycles. The van der Waals surface area contributed by atoms with Gasteiger partial charge in [-0.1, -0.05) is 26.7 Å². The fraction of sp³-hybridized carbons (Fsp3) is 1.00. The van der Waals surface area contributed by atoms with Gasteiger partial charge in [0.2, 0.25) is 0 Å². The standard InChI is InChI=1S/C12H26N2/c1-11(2)13-8-9-14(3)10-12-6-4-5-7-12/h11-13H,4-10H2,1-3H3. The van der Waals surface area contributed by atoms with Crippen molar-refractivity contribution in [2.45, 2.75) is 45.6 Å². The molecule has 0 atom stereocenters. The van der Waals surface area contributed by atoms with Crippen LogP contribution in [0.4, 0.5) is 0 Å². The third kappa shape index (κ3) is 4.97. The third-order valence-electron chi connectivity index (χ3n) is 3.09. The van der Waals surface area contributed by atoms with E-state index in [-0.39, 0.29) is 0 Å². The summed E-state index contributed by atoms with van der Waals surface area (Å²) in [5.74, 6) is 0.985. The van der Waals surface area contributed by atoms with E-state index in [1.807, 2.05) is 0 Å². The van der Waals surface area contributed by atoms with Crippen molar-refractivity contribution in [3.05, 3.63) is 0 Å². The Labute approximate surface area is 89.1 Å². The topological polar surface area (TPSA) is 15.3 Å². The summed E-state index contributed by atoms with van der Waals surface area (Å²) in [6, 6.07) is 0.620. The first-order valence-corrected chi connectivity index (χ1v) is 6.10. The van der Waals surface area contributed by atoms with Gasteiger partial charge in [-0.2, -0.15) is 0 Å². The van der Waals surface area contributed by atoms with E-state index in [4.69, 9.17) is 0 Å². The van der Waals surface area contributed by atoms with Crippen LogP contribution in [-0.4, -0.2) is 37.6 Å². The molecule has 1 aliphatic rings. The van der Waals surface area contributed by atoms with Gasteiger partial charge in [0.1, 0.15) is 0 Å². The maximum absolute atomic E-state index is 3.46. The zero-order valence-corrected chi connectivity index (χ0v) is 10.1. The Hall–Kier alpha value is -0.0800. The maximum atomic E-state index is 3.46. The molecule has 0 heterocycles. The molecule has 14 heavy (non-hydrogen) atoms. The highest BCUT2D eigenvalue weighted by Gasteiger charge is 2.16. The van der Waals surface area contributed by atoms with Crippen LogP contribution in [0.1, 0.15) is 39.5 Å². The molecule has 0 amide bonds. The molecule has 0 aromatic heterocycles. The third-order valence-corrected chi connectivity index (χ3v) is 3.09. The van der Waals surface area contributed by atoms with E-state index in [0.29, 0.717) is 6.04 Å². The Morgan fingerprint density at radius 3 is 2.50 bits per heavy atom. The molecular weight excluding hydrogens is 172 g/mol. The summed E-state index contributed by atoms with van der Waals surface area (Å²) in [7, 11) is 2.25. The van der Waals surface area contributed by atoms with E-state index in [0.717, 1.165) is 12.5 Å². The Bertz CT molecular complexity index is 139. The smallest absolute Gasteiger partial charge is 0.0104 e. The minimum absolute atomic E-state index is 0.620. The molecule has 1 aliphatic carbocycles. The van der Waals surface area contributed by atoms with E-state index < -0.39 is 0 Å². The van der Waals surface area contributed by atoms with Crippen molar-refractivity contribution in [1.82, 2.24) is 10.2 Å². The maximum Gasteiger partial charge on any atom is 0.0104 e. The van der Waals surface area contributed by atoms with Gasteiger partial charge in [-0.25, -0.2) is 0 Å². The van der Waals surface area contributed by atoms with E-state index in [9.17, 15) is 0 Å². The average molecular weight is 198 g/mol. The Balaban J connectivity index is 2.00. The number of nitrogens with one attached hydrogen (secondary N) is 1. The van der Waals surface area contributed by atoms with Gasteiger partial charge < -0.3 is 10.2 Å². The molecule has 1 saturated carbocycles. The van der Waals surface area contributed by atoms with Crippen LogP contribution in [0.2, 0.25) is 0 Å². The van der Waals surface area contributed by atoms with Crippen molar-refractivity contribution in [1.29, 1.82) is 0 Å². The van der Waals surface area contributed by atoms with Crippen LogP contribution in [0.5, 0.6) is 0 Å². The molecule has 0 saturated heterocycles. The molecule has 1 rings (SSSR count). The molecule has 2 heteroatoms. The number of rotatable bonds is 6. The lowest BCUT2D eigenvalue weighted by Crippen LogP contribution is -2.34. The SMILES string of the molecule is CC(C)NCCN(C)CC1CCCC1. The Kier molecular flexibility index (Phi) is 5.49. The van der Waals surface area contributed by atoms with Crippen LogP contribution in [0.3, 0.4) is 0 Å². The number of nitrogens with zero attached hydrogens (tertiary/aromatic N) is 1. The summed E-state index contributed by atoms with van der Waals surface area (Å²) >= 11 is 0.